The maximum absolute atomic E-state index is 12.0. The van der Waals surface area contributed by atoms with Crippen molar-refractivity contribution in [2.45, 2.75) is 26.3 Å². The molecule has 2 atom stereocenters. The summed E-state index contributed by atoms with van der Waals surface area (Å²) in [5, 5.41) is 8.80. The molecule has 5 nitrogen and oxygen atoms in total. The van der Waals surface area contributed by atoms with Crippen LogP contribution in [0.5, 0.6) is 0 Å². The van der Waals surface area contributed by atoms with E-state index in [-0.39, 0.29) is 23.8 Å². The number of carbonyl (C=O) groups is 2. The van der Waals surface area contributed by atoms with Crippen LogP contribution in [0, 0.1) is 5.92 Å². The Morgan fingerprint density at radius 1 is 1.40 bits per heavy atom. The van der Waals surface area contributed by atoms with Gasteiger partial charge in [-0.05, 0) is 31.2 Å². The first kappa shape index (κ1) is 14.5. The molecule has 1 aromatic carbocycles. The predicted molar refractivity (Wildman–Crippen MR) is 78.4 cm³/mol. The number of hydrogen-bond acceptors (Lipinski definition) is 3. The maximum Gasteiger partial charge on any atom is 0.228 e. The van der Waals surface area contributed by atoms with E-state index in [1.54, 1.807) is 0 Å². The third-order valence-corrected chi connectivity index (χ3v) is 3.57. The number of fused-ring (bicyclic) bond motifs is 1. The third-order valence-electron chi connectivity index (χ3n) is 3.57. The van der Waals surface area contributed by atoms with E-state index in [0.717, 1.165) is 16.8 Å². The molecule has 2 rings (SSSR count). The molecule has 20 heavy (non-hydrogen) atoms. The van der Waals surface area contributed by atoms with E-state index in [1.165, 1.54) is 0 Å². The van der Waals surface area contributed by atoms with Gasteiger partial charge in [-0.2, -0.15) is 0 Å². The highest BCUT2D eigenvalue weighted by Gasteiger charge is 2.20. The van der Waals surface area contributed by atoms with E-state index in [0.29, 0.717) is 13.0 Å². The fraction of sp³-hybridized carbons (Fsp3) is 0.467. The molecular weight excluding hydrogens is 254 g/mol. The van der Waals surface area contributed by atoms with Gasteiger partial charge in [0.2, 0.25) is 11.8 Å². The summed E-state index contributed by atoms with van der Waals surface area (Å²) >= 11 is 0. The molecule has 0 spiro atoms. The normalized spacial score (nSPS) is 16.2. The predicted octanol–water partition coefficient (Wildman–Crippen LogP) is 1.21. The van der Waals surface area contributed by atoms with Gasteiger partial charge in [0, 0.05) is 18.2 Å². The van der Waals surface area contributed by atoms with Crippen LogP contribution in [-0.2, 0) is 16.0 Å². The monoisotopic (exact) mass is 275 g/mol. The van der Waals surface area contributed by atoms with Crippen molar-refractivity contribution >= 4 is 17.5 Å². The molecule has 2 amide bonds. The van der Waals surface area contributed by atoms with Crippen molar-refractivity contribution in [1.82, 2.24) is 10.6 Å². The van der Waals surface area contributed by atoms with Crippen LogP contribution in [0.25, 0.3) is 0 Å². The highest BCUT2D eigenvalue weighted by molar-refractivity contribution is 5.99. The summed E-state index contributed by atoms with van der Waals surface area (Å²) in [5.41, 5.74) is 2.89. The maximum atomic E-state index is 12.0. The van der Waals surface area contributed by atoms with Crippen molar-refractivity contribution in [2.75, 3.05) is 18.9 Å². The van der Waals surface area contributed by atoms with Crippen molar-refractivity contribution in [3.63, 3.8) is 0 Å². The zero-order valence-corrected chi connectivity index (χ0v) is 12.1. The largest absolute Gasteiger partial charge is 0.349 e. The van der Waals surface area contributed by atoms with E-state index >= 15 is 0 Å². The fourth-order valence-corrected chi connectivity index (χ4v) is 2.36. The van der Waals surface area contributed by atoms with Crippen molar-refractivity contribution in [1.29, 1.82) is 0 Å². The van der Waals surface area contributed by atoms with Crippen LogP contribution < -0.4 is 16.0 Å². The summed E-state index contributed by atoms with van der Waals surface area (Å²) in [6.07, 6.45) is 0.417. The molecule has 0 aliphatic carbocycles. The molecule has 108 valence electrons. The Balaban J connectivity index is 2.03. The van der Waals surface area contributed by atoms with Gasteiger partial charge < -0.3 is 16.0 Å². The van der Waals surface area contributed by atoms with E-state index in [2.05, 4.69) is 16.0 Å². The lowest BCUT2D eigenvalue weighted by molar-refractivity contribution is -0.125. The minimum atomic E-state index is -0.0693. The first-order valence-electron chi connectivity index (χ1n) is 6.89. The SMILES string of the molecule is CNCC(C)C(=O)NC(C)c1ccc2c(c1)CC(=O)N2. The van der Waals surface area contributed by atoms with Gasteiger partial charge in [-0.25, -0.2) is 0 Å². The summed E-state index contributed by atoms with van der Waals surface area (Å²) < 4.78 is 0. The summed E-state index contributed by atoms with van der Waals surface area (Å²) in [6, 6.07) is 5.76. The van der Waals surface area contributed by atoms with Gasteiger partial charge in [0.05, 0.1) is 12.5 Å². The average Bonchev–Trinajstić information content (AvgIpc) is 2.77. The van der Waals surface area contributed by atoms with Crippen LogP contribution in [0.2, 0.25) is 0 Å². The Kier molecular flexibility index (Phi) is 4.39. The standard InChI is InChI=1S/C15H21N3O2/c1-9(8-16-3)15(20)17-10(2)11-4-5-13-12(6-11)7-14(19)18-13/h4-6,9-10,16H,7-8H2,1-3H3,(H,17,20)(H,18,19). The Morgan fingerprint density at radius 2 is 2.15 bits per heavy atom. The van der Waals surface area contributed by atoms with Gasteiger partial charge in [0.25, 0.3) is 0 Å². The molecule has 2 unspecified atom stereocenters. The minimum Gasteiger partial charge on any atom is -0.349 e. The Bertz CT molecular complexity index is 528. The van der Waals surface area contributed by atoms with Gasteiger partial charge in [0.1, 0.15) is 0 Å². The Labute approximate surface area is 119 Å². The molecular formula is C15H21N3O2. The first-order chi connectivity index (χ1) is 9.51. The lowest BCUT2D eigenvalue weighted by Gasteiger charge is -2.18. The summed E-state index contributed by atoms with van der Waals surface area (Å²) in [5.74, 6) is -0.0156. The number of hydrogen-bond donors (Lipinski definition) is 3. The number of amides is 2. The second-order valence-electron chi connectivity index (χ2n) is 5.33. The zero-order valence-electron chi connectivity index (χ0n) is 12.1. The Hall–Kier alpha value is -1.88. The summed E-state index contributed by atoms with van der Waals surface area (Å²) in [7, 11) is 1.83. The molecule has 5 heteroatoms. The van der Waals surface area contributed by atoms with Crippen LogP contribution in [0.4, 0.5) is 5.69 Å². The smallest absolute Gasteiger partial charge is 0.228 e. The van der Waals surface area contributed by atoms with Gasteiger partial charge >= 0.3 is 0 Å². The lowest BCUT2D eigenvalue weighted by Crippen LogP contribution is -2.35. The second-order valence-corrected chi connectivity index (χ2v) is 5.33. The summed E-state index contributed by atoms with van der Waals surface area (Å²) in [6.45, 7) is 4.50. The van der Waals surface area contributed by atoms with Crippen LogP contribution >= 0.6 is 0 Å². The van der Waals surface area contributed by atoms with Gasteiger partial charge in [-0.15, -0.1) is 0 Å². The van der Waals surface area contributed by atoms with Crippen LogP contribution in [0.15, 0.2) is 18.2 Å². The minimum absolute atomic E-state index is 0.0245. The van der Waals surface area contributed by atoms with E-state index in [1.807, 2.05) is 39.1 Å². The zero-order chi connectivity index (χ0) is 14.7. The second kappa shape index (κ2) is 6.05. The molecule has 0 fully saturated rings. The molecule has 1 aliphatic rings. The van der Waals surface area contributed by atoms with Crippen LogP contribution in [0.3, 0.4) is 0 Å². The molecule has 3 N–H and O–H groups in total. The molecule has 0 saturated heterocycles. The quantitative estimate of drug-likeness (QED) is 0.756. The van der Waals surface area contributed by atoms with Gasteiger partial charge in [-0.1, -0.05) is 19.1 Å². The molecule has 0 bridgehead atoms. The topological polar surface area (TPSA) is 70.2 Å². The van der Waals surface area contributed by atoms with Crippen LogP contribution in [-0.4, -0.2) is 25.4 Å². The summed E-state index contributed by atoms with van der Waals surface area (Å²) in [4.78, 5) is 23.3. The Morgan fingerprint density at radius 3 is 2.85 bits per heavy atom. The third kappa shape index (κ3) is 3.17. The molecule has 0 radical (unpaired) electrons. The number of anilines is 1. The van der Waals surface area contributed by atoms with E-state index in [9.17, 15) is 9.59 Å². The van der Waals surface area contributed by atoms with Gasteiger partial charge in [-0.3, -0.25) is 9.59 Å². The molecule has 1 heterocycles. The number of benzene rings is 1. The fourth-order valence-electron chi connectivity index (χ4n) is 2.36. The van der Waals surface area contributed by atoms with Crippen molar-refractivity contribution in [3.05, 3.63) is 29.3 Å². The van der Waals surface area contributed by atoms with Crippen LogP contribution in [0.1, 0.15) is 31.0 Å². The molecule has 0 saturated carbocycles. The molecule has 0 aromatic heterocycles. The van der Waals surface area contributed by atoms with Crippen molar-refractivity contribution in [2.24, 2.45) is 5.92 Å². The number of carbonyl (C=O) groups excluding carboxylic acids is 2. The molecule has 1 aliphatic heterocycles. The average molecular weight is 275 g/mol. The lowest BCUT2D eigenvalue weighted by atomic mass is 10.0. The first-order valence-corrected chi connectivity index (χ1v) is 6.89. The van der Waals surface area contributed by atoms with E-state index < -0.39 is 0 Å². The number of rotatable bonds is 5. The molecule has 1 aromatic rings. The number of nitrogens with one attached hydrogen (secondary N) is 3. The highest BCUT2D eigenvalue weighted by Crippen LogP contribution is 2.26. The van der Waals surface area contributed by atoms with Gasteiger partial charge in [0.15, 0.2) is 0 Å². The van der Waals surface area contributed by atoms with Crippen molar-refractivity contribution < 1.29 is 9.59 Å². The van der Waals surface area contributed by atoms with Crippen molar-refractivity contribution in [3.8, 4) is 0 Å². The van der Waals surface area contributed by atoms with E-state index in [4.69, 9.17) is 0 Å². The highest BCUT2D eigenvalue weighted by atomic mass is 16.2.